The van der Waals surface area contributed by atoms with Gasteiger partial charge in [-0.25, -0.2) is 0 Å². The minimum absolute atomic E-state index is 0.178. The Morgan fingerprint density at radius 2 is 1.92 bits per heavy atom. The highest BCUT2D eigenvalue weighted by molar-refractivity contribution is 6.31. The molecule has 4 rings (SSSR count). The molecule has 24 heavy (non-hydrogen) atoms. The molecule has 5 heteroatoms. The van der Waals surface area contributed by atoms with Crippen molar-refractivity contribution in [3.63, 3.8) is 0 Å². The number of fused-ring (bicyclic) bond motifs is 2. The van der Waals surface area contributed by atoms with Gasteiger partial charge in [-0.05, 0) is 37.1 Å². The van der Waals surface area contributed by atoms with Crippen LogP contribution in [0.2, 0.25) is 5.02 Å². The molecule has 2 aliphatic rings. The van der Waals surface area contributed by atoms with Gasteiger partial charge in [0.15, 0.2) is 0 Å². The van der Waals surface area contributed by atoms with E-state index in [9.17, 15) is 4.79 Å². The molecule has 124 valence electrons. The molecule has 0 radical (unpaired) electrons. The first-order valence-corrected chi connectivity index (χ1v) is 8.44. The number of benzene rings is 2. The number of hydrogen-bond acceptors (Lipinski definition) is 3. The summed E-state index contributed by atoms with van der Waals surface area (Å²) in [5.74, 6) is -1.48. The first kappa shape index (κ1) is 15.6. The van der Waals surface area contributed by atoms with Crippen LogP contribution >= 0.6 is 11.6 Å². The predicted octanol–water partition coefficient (Wildman–Crippen LogP) is 3.78. The molecule has 2 aromatic carbocycles. The molecule has 0 N–H and O–H groups in total. The number of anilines is 1. The molecule has 0 saturated carbocycles. The van der Waals surface area contributed by atoms with E-state index in [1.807, 2.05) is 49.4 Å². The molecule has 0 atom stereocenters. The molecule has 0 bridgehead atoms. The summed E-state index contributed by atoms with van der Waals surface area (Å²) in [6, 6.07) is 13.5. The Morgan fingerprint density at radius 3 is 2.67 bits per heavy atom. The number of nitrogens with zero attached hydrogens (tertiary/aromatic N) is 1. The van der Waals surface area contributed by atoms with E-state index in [0.29, 0.717) is 24.8 Å². The highest BCUT2D eigenvalue weighted by Crippen LogP contribution is 2.46. The van der Waals surface area contributed by atoms with E-state index in [-0.39, 0.29) is 5.91 Å². The summed E-state index contributed by atoms with van der Waals surface area (Å²) in [5, 5.41) is 0.644. The standard InChI is InChI=1S/C19H18ClNO3/c1-13-7-8-17-15(11-13)19(23-9-4-10-24-19)18(22)21(17)12-14-5-2-3-6-16(14)20/h2-3,5-8,11H,4,9-10,12H2,1H3. The minimum atomic E-state index is -1.30. The van der Waals surface area contributed by atoms with Gasteiger partial charge in [0.25, 0.3) is 11.7 Å². The molecule has 2 aliphatic heterocycles. The van der Waals surface area contributed by atoms with Crippen LogP contribution in [0, 0.1) is 6.92 Å². The molecule has 1 fully saturated rings. The molecule has 1 saturated heterocycles. The third-order valence-electron chi connectivity index (χ3n) is 4.51. The van der Waals surface area contributed by atoms with Crippen LogP contribution < -0.4 is 4.90 Å². The van der Waals surface area contributed by atoms with Crippen molar-refractivity contribution in [2.24, 2.45) is 0 Å². The van der Waals surface area contributed by atoms with E-state index in [0.717, 1.165) is 28.8 Å². The van der Waals surface area contributed by atoms with E-state index in [4.69, 9.17) is 21.1 Å². The first-order chi connectivity index (χ1) is 11.6. The second-order valence-corrected chi connectivity index (χ2v) is 6.58. The monoisotopic (exact) mass is 343 g/mol. The summed E-state index contributed by atoms with van der Waals surface area (Å²) in [6.45, 7) is 3.42. The summed E-state index contributed by atoms with van der Waals surface area (Å²) >= 11 is 6.28. The van der Waals surface area contributed by atoms with Crippen molar-refractivity contribution in [1.29, 1.82) is 0 Å². The maximum atomic E-state index is 13.2. The Labute approximate surface area is 145 Å². The van der Waals surface area contributed by atoms with E-state index in [1.165, 1.54) is 0 Å². The van der Waals surface area contributed by atoms with Gasteiger partial charge in [0.2, 0.25) is 0 Å². The second kappa shape index (κ2) is 5.88. The van der Waals surface area contributed by atoms with Crippen molar-refractivity contribution in [3.05, 3.63) is 64.2 Å². The number of carbonyl (C=O) groups is 1. The third kappa shape index (κ3) is 2.34. The highest BCUT2D eigenvalue weighted by atomic mass is 35.5. The summed E-state index contributed by atoms with van der Waals surface area (Å²) < 4.78 is 11.7. The van der Waals surface area contributed by atoms with Crippen molar-refractivity contribution in [3.8, 4) is 0 Å². The third-order valence-corrected chi connectivity index (χ3v) is 4.88. The molecule has 0 aromatic heterocycles. The maximum Gasteiger partial charge on any atom is 0.292 e. The zero-order chi connectivity index (χ0) is 16.7. The molecule has 0 aliphatic carbocycles. The Balaban J connectivity index is 1.79. The Morgan fingerprint density at radius 1 is 1.17 bits per heavy atom. The van der Waals surface area contributed by atoms with Gasteiger partial charge in [0, 0.05) is 10.6 Å². The summed E-state index contributed by atoms with van der Waals surface area (Å²) in [6.07, 6.45) is 0.792. The van der Waals surface area contributed by atoms with E-state index >= 15 is 0 Å². The molecule has 2 aromatic rings. The SMILES string of the molecule is Cc1ccc2c(c1)C1(OCCCO1)C(=O)N2Cc1ccccc1Cl. The average molecular weight is 344 g/mol. The lowest BCUT2D eigenvalue weighted by Crippen LogP contribution is -2.47. The fourth-order valence-electron chi connectivity index (χ4n) is 3.32. The fourth-order valence-corrected chi connectivity index (χ4v) is 3.51. The van der Waals surface area contributed by atoms with Crippen LogP contribution in [0.1, 0.15) is 23.1 Å². The molecule has 1 amide bonds. The van der Waals surface area contributed by atoms with Crippen LogP contribution in [-0.4, -0.2) is 19.1 Å². The maximum absolute atomic E-state index is 13.2. The van der Waals surface area contributed by atoms with Gasteiger partial charge >= 0.3 is 0 Å². The van der Waals surface area contributed by atoms with E-state index in [2.05, 4.69) is 0 Å². The van der Waals surface area contributed by atoms with Crippen LogP contribution in [0.4, 0.5) is 5.69 Å². The molecular weight excluding hydrogens is 326 g/mol. The quantitative estimate of drug-likeness (QED) is 0.832. The number of ether oxygens (including phenoxy) is 2. The van der Waals surface area contributed by atoms with E-state index < -0.39 is 5.79 Å². The van der Waals surface area contributed by atoms with Gasteiger partial charge < -0.3 is 14.4 Å². The van der Waals surface area contributed by atoms with Gasteiger partial charge in [-0.1, -0.05) is 41.4 Å². The van der Waals surface area contributed by atoms with Crippen molar-refractivity contribution < 1.29 is 14.3 Å². The van der Waals surface area contributed by atoms with Gasteiger partial charge in [0.05, 0.1) is 25.4 Å². The molecule has 4 nitrogen and oxygen atoms in total. The van der Waals surface area contributed by atoms with Gasteiger partial charge in [-0.2, -0.15) is 0 Å². The van der Waals surface area contributed by atoms with Crippen molar-refractivity contribution in [2.45, 2.75) is 25.7 Å². The topological polar surface area (TPSA) is 38.8 Å². The Bertz CT molecular complexity index is 799. The normalized spacial score (nSPS) is 18.9. The number of carbonyl (C=O) groups excluding carboxylic acids is 1. The number of amides is 1. The predicted molar refractivity (Wildman–Crippen MR) is 92.0 cm³/mol. The van der Waals surface area contributed by atoms with Crippen LogP contribution in [0.15, 0.2) is 42.5 Å². The summed E-state index contributed by atoms with van der Waals surface area (Å²) in [7, 11) is 0. The second-order valence-electron chi connectivity index (χ2n) is 6.17. The Kier molecular flexibility index (Phi) is 3.83. The lowest BCUT2D eigenvalue weighted by molar-refractivity contribution is -0.256. The molecule has 2 heterocycles. The van der Waals surface area contributed by atoms with Crippen molar-refractivity contribution in [2.75, 3.05) is 18.1 Å². The van der Waals surface area contributed by atoms with Crippen molar-refractivity contribution >= 4 is 23.2 Å². The van der Waals surface area contributed by atoms with Crippen LogP contribution in [0.3, 0.4) is 0 Å². The van der Waals surface area contributed by atoms with E-state index in [1.54, 1.807) is 4.90 Å². The highest BCUT2D eigenvalue weighted by Gasteiger charge is 2.54. The van der Waals surface area contributed by atoms with Gasteiger partial charge in [0.1, 0.15) is 0 Å². The number of rotatable bonds is 2. The lowest BCUT2D eigenvalue weighted by atomic mass is 10.0. The molecule has 0 unspecified atom stereocenters. The zero-order valence-electron chi connectivity index (χ0n) is 13.4. The first-order valence-electron chi connectivity index (χ1n) is 8.06. The zero-order valence-corrected chi connectivity index (χ0v) is 14.2. The molecule has 1 spiro atoms. The smallest absolute Gasteiger partial charge is 0.292 e. The van der Waals surface area contributed by atoms with Crippen LogP contribution in [0.5, 0.6) is 0 Å². The molecular formula is C19H18ClNO3. The minimum Gasteiger partial charge on any atom is -0.338 e. The number of halogens is 1. The fraction of sp³-hybridized carbons (Fsp3) is 0.316. The van der Waals surface area contributed by atoms with Gasteiger partial charge in [-0.3, -0.25) is 4.79 Å². The average Bonchev–Trinajstić information content (AvgIpc) is 2.80. The van der Waals surface area contributed by atoms with Crippen LogP contribution in [0.25, 0.3) is 0 Å². The number of aryl methyl sites for hydroxylation is 1. The lowest BCUT2D eigenvalue weighted by Gasteiger charge is -2.32. The summed E-state index contributed by atoms with van der Waals surface area (Å²) in [4.78, 5) is 14.9. The Hall–Kier alpha value is -1.88. The van der Waals surface area contributed by atoms with Gasteiger partial charge in [-0.15, -0.1) is 0 Å². The van der Waals surface area contributed by atoms with Crippen LogP contribution in [-0.2, 0) is 26.6 Å². The largest absolute Gasteiger partial charge is 0.338 e. The van der Waals surface area contributed by atoms with Crippen molar-refractivity contribution in [1.82, 2.24) is 0 Å². The number of hydrogen-bond donors (Lipinski definition) is 0. The summed E-state index contributed by atoms with van der Waals surface area (Å²) in [5.41, 5.74) is 3.58.